The first-order valence-electron chi connectivity index (χ1n) is 5.49. The minimum Gasteiger partial charge on any atom is -0.294 e. The van der Waals surface area contributed by atoms with Gasteiger partial charge in [0.25, 0.3) is 0 Å². The van der Waals surface area contributed by atoms with E-state index in [9.17, 15) is 4.79 Å². The normalized spacial score (nSPS) is 15.0. The molecule has 16 heavy (non-hydrogen) atoms. The van der Waals surface area contributed by atoms with Gasteiger partial charge in [-0.2, -0.15) is 5.10 Å². The molecule has 0 amide bonds. The van der Waals surface area contributed by atoms with Crippen LogP contribution in [0.4, 0.5) is 0 Å². The van der Waals surface area contributed by atoms with Gasteiger partial charge in [0.2, 0.25) is 0 Å². The number of para-hydroxylation sites is 1. The van der Waals surface area contributed by atoms with Crippen molar-refractivity contribution in [1.82, 2.24) is 9.78 Å². The Morgan fingerprint density at radius 2 is 2.00 bits per heavy atom. The van der Waals surface area contributed by atoms with Gasteiger partial charge in [0.1, 0.15) is 0 Å². The maximum absolute atomic E-state index is 11.8. The largest absolute Gasteiger partial charge is 0.294 e. The summed E-state index contributed by atoms with van der Waals surface area (Å²) in [5.41, 5.74) is 1.71. The Morgan fingerprint density at radius 3 is 2.69 bits per heavy atom. The van der Waals surface area contributed by atoms with Crippen LogP contribution in [-0.4, -0.2) is 15.6 Å². The van der Waals surface area contributed by atoms with Crippen molar-refractivity contribution in [2.75, 3.05) is 0 Å². The van der Waals surface area contributed by atoms with Crippen LogP contribution < -0.4 is 0 Å². The second-order valence-electron chi connectivity index (χ2n) is 4.15. The van der Waals surface area contributed by atoms with Crippen molar-refractivity contribution in [2.24, 2.45) is 5.92 Å². The van der Waals surface area contributed by atoms with Gasteiger partial charge in [0.05, 0.1) is 17.4 Å². The van der Waals surface area contributed by atoms with Crippen LogP contribution in [0.15, 0.2) is 42.7 Å². The van der Waals surface area contributed by atoms with E-state index in [1.54, 1.807) is 10.9 Å². The molecule has 3 nitrogen and oxygen atoms in total. The number of benzene rings is 1. The molecule has 3 heteroatoms. The van der Waals surface area contributed by atoms with Crippen molar-refractivity contribution < 1.29 is 4.79 Å². The zero-order chi connectivity index (χ0) is 11.0. The molecule has 2 aromatic rings. The van der Waals surface area contributed by atoms with E-state index in [4.69, 9.17) is 0 Å². The van der Waals surface area contributed by atoms with E-state index in [0.717, 1.165) is 24.1 Å². The van der Waals surface area contributed by atoms with Crippen molar-refractivity contribution in [1.29, 1.82) is 0 Å². The Kier molecular flexibility index (Phi) is 2.10. The van der Waals surface area contributed by atoms with E-state index >= 15 is 0 Å². The summed E-state index contributed by atoms with van der Waals surface area (Å²) < 4.78 is 1.75. The third-order valence-corrected chi connectivity index (χ3v) is 2.84. The lowest BCUT2D eigenvalue weighted by atomic mass is 10.1. The predicted molar refractivity (Wildman–Crippen MR) is 60.6 cm³/mol. The summed E-state index contributed by atoms with van der Waals surface area (Å²) in [7, 11) is 0. The highest BCUT2D eigenvalue weighted by molar-refractivity contribution is 5.98. The van der Waals surface area contributed by atoms with Gasteiger partial charge < -0.3 is 0 Å². The number of carbonyl (C=O) groups excluding carboxylic acids is 1. The highest BCUT2D eigenvalue weighted by atomic mass is 16.1. The van der Waals surface area contributed by atoms with Gasteiger partial charge >= 0.3 is 0 Å². The molecule has 1 saturated carbocycles. The molecule has 1 aromatic carbocycles. The maximum Gasteiger partial charge on any atom is 0.169 e. The minimum atomic E-state index is 0.238. The lowest BCUT2D eigenvalue weighted by molar-refractivity contribution is 0.0967. The van der Waals surface area contributed by atoms with Crippen molar-refractivity contribution in [2.45, 2.75) is 12.8 Å². The molecule has 1 fully saturated rings. The number of ketones is 1. The standard InChI is InChI=1S/C13H12N2O/c16-13(10-6-7-10)11-8-14-15(9-11)12-4-2-1-3-5-12/h1-5,8-10H,6-7H2. The Labute approximate surface area is 93.7 Å². The van der Waals surface area contributed by atoms with Crippen molar-refractivity contribution in [3.63, 3.8) is 0 Å². The zero-order valence-corrected chi connectivity index (χ0v) is 8.84. The van der Waals surface area contributed by atoms with E-state index in [0.29, 0.717) is 0 Å². The van der Waals surface area contributed by atoms with E-state index in [2.05, 4.69) is 5.10 Å². The smallest absolute Gasteiger partial charge is 0.169 e. The van der Waals surface area contributed by atoms with Crippen LogP contribution >= 0.6 is 0 Å². The van der Waals surface area contributed by atoms with Crippen LogP contribution in [0.2, 0.25) is 0 Å². The first kappa shape index (κ1) is 9.33. The minimum absolute atomic E-state index is 0.238. The summed E-state index contributed by atoms with van der Waals surface area (Å²) in [6.07, 6.45) is 5.55. The lowest BCUT2D eigenvalue weighted by Crippen LogP contribution is -1.99. The molecular weight excluding hydrogens is 200 g/mol. The van der Waals surface area contributed by atoms with E-state index in [-0.39, 0.29) is 11.7 Å². The fraction of sp³-hybridized carbons (Fsp3) is 0.231. The van der Waals surface area contributed by atoms with Crippen LogP contribution in [-0.2, 0) is 0 Å². The fourth-order valence-electron chi connectivity index (χ4n) is 1.75. The number of hydrogen-bond acceptors (Lipinski definition) is 2. The number of carbonyl (C=O) groups is 1. The van der Waals surface area contributed by atoms with Gasteiger partial charge in [-0.25, -0.2) is 4.68 Å². The lowest BCUT2D eigenvalue weighted by Gasteiger charge is -1.98. The van der Waals surface area contributed by atoms with Crippen molar-refractivity contribution in [3.8, 4) is 5.69 Å². The summed E-state index contributed by atoms with van der Waals surface area (Å²) in [5.74, 6) is 0.496. The maximum atomic E-state index is 11.8. The monoisotopic (exact) mass is 212 g/mol. The summed E-state index contributed by atoms with van der Waals surface area (Å²) in [6, 6.07) is 9.82. The molecule has 3 rings (SSSR count). The van der Waals surface area contributed by atoms with Crippen LogP contribution in [0.1, 0.15) is 23.2 Å². The van der Waals surface area contributed by atoms with Crippen LogP contribution in [0, 0.1) is 5.92 Å². The Bertz CT molecular complexity index is 512. The molecule has 1 aliphatic rings. The zero-order valence-electron chi connectivity index (χ0n) is 8.84. The average molecular weight is 212 g/mol. The van der Waals surface area contributed by atoms with Gasteiger partial charge in [0.15, 0.2) is 5.78 Å². The SMILES string of the molecule is O=C(c1cnn(-c2ccccc2)c1)C1CC1. The van der Waals surface area contributed by atoms with Gasteiger partial charge in [-0.1, -0.05) is 18.2 Å². The first-order chi connectivity index (χ1) is 7.84. The van der Waals surface area contributed by atoms with Crippen molar-refractivity contribution in [3.05, 3.63) is 48.3 Å². The van der Waals surface area contributed by atoms with E-state index in [1.165, 1.54) is 0 Å². The summed E-state index contributed by atoms with van der Waals surface area (Å²) in [5, 5.41) is 4.21. The number of nitrogens with zero attached hydrogens (tertiary/aromatic N) is 2. The second-order valence-corrected chi connectivity index (χ2v) is 4.15. The Morgan fingerprint density at radius 1 is 1.25 bits per heavy atom. The molecule has 0 atom stereocenters. The molecule has 0 bridgehead atoms. The molecular formula is C13H12N2O. The second kappa shape index (κ2) is 3.59. The first-order valence-corrected chi connectivity index (χ1v) is 5.49. The van der Waals surface area contributed by atoms with Gasteiger partial charge in [-0.3, -0.25) is 4.79 Å². The van der Waals surface area contributed by atoms with E-state index in [1.807, 2.05) is 36.5 Å². The molecule has 80 valence electrons. The topological polar surface area (TPSA) is 34.9 Å². The molecule has 1 aliphatic carbocycles. The molecule has 0 aliphatic heterocycles. The Hall–Kier alpha value is -1.90. The number of aromatic nitrogens is 2. The van der Waals surface area contributed by atoms with E-state index < -0.39 is 0 Å². The molecule has 1 aromatic heterocycles. The highest BCUT2D eigenvalue weighted by Gasteiger charge is 2.31. The van der Waals surface area contributed by atoms with Crippen LogP contribution in [0.25, 0.3) is 5.69 Å². The molecule has 0 radical (unpaired) electrons. The fourth-order valence-corrected chi connectivity index (χ4v) is 1.75. The quantitative estimate of drug-likeness (QED) is 0.732. The molecule has 0 saturated heterocycles. The summed E-state index contributed by atoms with van der Waals surface area (Å²) in [4.78, 5) is 11.8. The number of Topliss-reactive ketones (excluding diaryl/α,β-unsaturated/α-hetero) is 1. The van der Waals surface area contributed by atoms with Crippen LogP contribution in [0.5, 0.6) is 0 Å². The third-order valence-electron chi connectivity index (χ3n) is 2.84. The highest BCUT2D eigenvalue weighted by Crippen LogP contribution is 2.32. The molecule has 0 N–H and O–H groups in total. The number of hydrogen-bond donors (Lipinski definition) is 0. The average Bonchev–Trinajstić information content (AvgIpc) is 3.07. The van der Waals surface area contributed by atoms with Gasteiger partial charge in [-0.05, 0) is 25.0 Å². The molecule has 0 unspecified atom stereocenters. The van der Waals surface area contributed by atoms with Gasteiger partial charge in [-0.15, -0.1) is 0 Å². The van der Waals surface area contributed by atoms with Crippen LogP contribution in [0.3, 0.4) is 0 Å². The third kappa shape index (κ3) is 1.65. The molecule has 1 heterocycles. The van der Waals surface area contributed by atoms with Crippen molar-refractivity contribution >= 4 is 5.78 Å². The number of rotatable bonds is 3. The summed E-state index contributed by atoms with van der Waals surface area (Å²) in [6.45, 7) is 0. The molecule has 0 spiro atoms. The van der Waals surface area contributed by atoms with Gasteiger partial charge in [0, 0.05) is 12.1 Å². The predicted octanol–water partition coefficient (Wildman–Crippen LogP) is 2.47. The summed E-state index contributed by atoms with van der Waals surface area (Å²) >= 11 is 0. The Balaban J connectivity index is 1.90.